The summed E-state index contributed by atoms with van der Waals surface area (Å²) in [5.74, 6) is 4.33. The van der Waals surface area contributed by atoms with Crippen LogP contribution in [-0.2, 0) is 19.1 Å². The van der Waals surface area contributed by atoms with Crippen LogP contribution in [-0.4, -0.2) is 32.4 Å². The van der Waals surface area contributed by atoms with E-state index in [4.69, 9.17) is 10.6 Å². The molecule has 5 heteroatoms. The topological polar surface area (TPSA) is 70.8 Å². The van der Waals surface area contributed by atoms with Gasteiger partial charge in [0.25, 0.3) is 0 Å². The fourth-order valence-electron chi connectivity index (χ4n) is 0.632. The van der Waals surface area contributed by atoms with E-state index in [9.17, 15) is 4.79 Å². The molecule has 0 aliphatic rings. The van der Waals surface area contributed by atoms with Gasteiger partial charge in [-0.25, -0.2) is 10.7 Å². The third-order valence-electron chi connectivity index (χ3n) is 1.30. The Kier molecular flexibility index (Phi) is 4.02. The second kappa shape index (κ2) is 4.27. The monoisotopic (exact) mass is 163 g/mol. The van der Waals surface area contributed by atoms with Crippen LogP contribution in [0.1, 0.15) is 6.92 Å². The number of hydrogen-bond donors (Lipinski definition) is 1. The first-order valence-corrected chi connectivity index (χ1v) is 3.06. The van der Waals surface area contributed by atoms with Crippen molar-refractivity contribution in [3.63, 3.8) is 0 Å². The van der Waals surface area contributed by atoms with Crippen LogP contribution in [0.4, 0.5) is 0 Å². The van der Waals surface area contributed by atoms with Crippen molar-refractivity contribution in [3.8, 4) is 0 Å². The highest BCUT2D eigenvalue weighted by molar-refractivity contribution is 5.79. The number of esters is 1. The van der Waals surface area contributed by atoms with Gasteiger partial charge in [-0.15, -0.1) is 0 Å². The van der Waals surface area contributed by atoms with E-state index < -0.39 is 11.6 Å². The van der Waals surface area contributed by atoms with Gasteiger partial charge in [-0.05, 0) is 6.92 Å². The molecule has 66 valence electrons. The van der Waals surface area contributed by atoms with Gasteiger partial charge in [0.05, 0.1) is 13.7 Å². The van der Waals surface area contributed by atoms with Gasteiger partial charge in [0, 0.05) is 7.11 Å². The third-order valence-corrected chi connectivity index (χ3v) is 1.30. The van der Waals surface area contributed by atoms with Gasteiger partial charge in [0.15, 0.2) is 0 Å². The van der Waals surface area contributed by atoms with E-state index in [1.165, 1.54) is 21.1 Å². The fourth-order valence-corrected chi connectivity index (χ4v) is 0.632. The number of methoxy groups -OCH3 is 2. The molecule has 0 aromatic rings. The van der Waals surface area contributed by atoms with Crippen LogP contribution in [0.2, 0.25) is 0 Å². The molecule has 1 atom stereocenters. The lowest BCUT2D eigenvalue weighted by Gasteiger charge is -2.22. The zero-order chi connectivity index (χ0) is 8.91. The Labute approximate surface area is 65.4 Å². The van der Waals surface area contributed by atoms with Crippen LogP contribution in [0.25, 0.3) is 0 Å². The predicted octanol–water partition coefficient (Wildman–Crippen LogP) is -0.545. The third kappa shape index (κ3) is 2.45. The Bertz CT molecular complexity index is 139. The molecule has 0 aromatic heterocycles. The van der Waals surface area contributed by atoms with E-state index >= 15 is 0 Å². The van der Waals surface area contributed by atoms with Crippen molar-refractivity contribution in [1.29, 1.82) is 0 Å². The smallest absolute Gasteiger partial charge is 0.342 e. The summed E-state index contributed by atoms with van der Waals surface area (Å²) in [5, 5.41) is 0. The first kappa shape index (κ1) is 10.3. The van der Waals surface area contributed by atoms with Crippen LogP contribution in [0.3, 0.4) is 0 Å². The van der Waals surface area contributed by atoms with E-state index in [0.29, 0.717) is 0 Å². The number of carbonyl (C=O) groups excluding carboxylic acids is 1. The Hall–Kier alpha value is -0.650. The average Bonchev–Trinajstić information content (AvgIpc) is 2.03. The van der Waals surface area contributed by atoms with Gasteiger partial charge in [-0.2, -0.15) is 0 Å². The minimum atomic E-state index is -1.20. The Morgan fingerprint density at radius 3 is 2.36 bits per heavy atom. The van der Waals surface area contributed by atoms with Crippen molar-refractivity contribution >= 4 is 5.97 Å². The van der Waals surface area contributed by atoms with Crippen LogP contribution in [0, 0.1) is 0 Å². The molecular formula is C6H13NO4. The molecule has 0 aliphatic heterocycles. The summed E-state index contributed by atoms with van der Waals surface area (Å²) >= 11 is 0. The van der Waals surface area contributed by atoms with Crippen molar-refractivity contribution in [2.45, 2.75) is 12.5 Å². The number of ether oxygens (including phenoxy) is 2. The average molecular weight is 163 g/mol. The largest absolute Gasteiger partial charge is 0.467 e. The molecule has 0 bridgehead atoms. The number of nitrogens with two attached hydrogens (primary N) is 1. The maximum atomic E-state index is 10.9. The van der Waals surface area contributed by atoms with E-state index in [-0.39, 0.29) is 6.61 Å². The summed E-state index contributed by atoms with van der Waals surface area (Å²) in [6, 6.07) is 0. The van der Waals surface area contributed by atoms with Crippen LogP contribution in [0.5, 0.6) is 0 Å². The molecule has 0 spiro atoms. The van der Waals surface area contributed by atoms with E-state index in [2.05, 4.69) is 9.57 Å². The lowest BCUT2D eigenvalue weighted by atomic mass is 10.1. The number of hydrogen-bond acceptors (Lipinski definition) is 5. The zero-order valence-corrected chi connectivity index (χ0v) is 6.92. The van der Waals surface area contributed by atoms with Gasteiger partial charge in [0.1, 0.15) is 0 Å². The molecular weight excluding hydrogens is 150 g/mol. The molecule has 0 heterocycles. The molecule has 11 heavy (non-hydrogen) atoms. The molecule has 2 N–H and O–H groups in total. The molecule has 0 rings (SSSR count). The highest BCUT2D eigenvalue weighted by Gasteiger charge is 2.35. The molecule has 0 amide bonds. The minimum absolute atomic E-state index is 0.0656. The molecule has 0 fully saturated rings. The van der Waals surface area contributed by atoms with E-state index in [1.807, 2.05) is 0 Å². The highest BCUT2D eigenvalue weighted by Crippen LogP contribution is 2.09. The van der Waals surface area contributed by atoms with Gasteiger partial charge in [-0.1, -0.05) is 0 Å². The van der Waals surface area contributed by atoms with Crippen molar-refractivity contribution in [1.82, 2.24) is 0 Å². The predicted molar refractivity (Wildman–Crippen MR) is 37.6 cm³/mol. The van der Waals surface area contributed by atoms with Gasteiger partial charge >= 0.3 is 5.97 Å². The lowest BCUT2D eigenvalue weighted by molar-refractivity contribution is -0.174. The summed E-state index contributed by atoms with van der Waals surface area (Å²) in [5.41, 5.74) is -1.20. The summed E-state index contributed by atoms with van der Waals surface area (Å²) in [7, 11) is 2.70. The summed E-state index contributed by atoms with van der Waals surface area (Å²) in [6.07, 6.45) is 0. The van der Waals surface area contributed by atoms with Crippen LogP contribution < -0.4 is 5.90 Å². The Morgan fingerprint density at radius 2 is 2.09 bits per heavy atom. The quantitative estimate of drug-likeness (QED) is 0.445. The number of rotatable bonds is 4. The van der Waals surface area contributed by atoms with Crippen molar-refractivity contribution in [2.75, 3.05) is 20.8 Å². The fraction of sp³-hybridized carbons (Fsp3) is 0.833. The molecule has 0 saturated carbocycles. The van der Waals surface area contributed by atoms with Crippen molar-refractivity contribution in [3.05, 3.63) is 0 Å². The standard InChI is InChI=1S/C6H13NO4/c1-6(11-7,4-9-2)5(8)10-3/h4,7H2,1-3H3/t6-/m0/s1. The molecule has 0 saturated heterocycles. The molecule has 0 unspecified atom stereocenters. The minimum Gasteiger partial charge on any atom is -0.467 e. The maximum absolute atomic E-state index is 10.9. The summed E-state index contributed by atoms with van der Waals surface area (Å²) in [6.45, 7) is 1.55. The normalized spacial score (nSPS) is 15.6. The lowest BCUT2D eigenvalue weighted by Crippen LogP contribution is -2.45. The zero-order valence-electron chi connectivity index (χ0n) is 6.92. The molecule has 5 nitrogen and oxygen atoms in total. The van der Waals surface area contributed by atoms with Crippen molar-refractivity contribution < 1.29 is 19.1 Å². The molecule has 0 aromatic carbocycles. The van der Waals surface area contributed by atoms with Crippen LogP contribution in [0.15, 0.2) is 0 Å². The maximum Gasteiger partial charge on any atom is 0.342 e. The van der Waals surface area contributed by atoms with E-state index in [1.54, 1.807) is 0 Å². The first-order valence-electron chi connectivity index (χ1n) is 3.06. The second-order valence-electron chi connectivity index (χ2n) is 2.27. The number of carbonyl (C=O) groups is 1. The highest BCUT2D eigenvalue weighted by atomic mass is 16.7. The summed E-state index contributed by atoms with van der Waals surface area (Å²) in [4.78, 5) is 15.4. The second-order valence-corrected chi connectivity index (χ2v) is 2.27. The van der Waals surface area contributed by atoms with Crippen LogP contribution >= 0.6 is 0 Å². The SMILES string of the molecule is COC[C@](C)(ON)C(=O)OC. The van der Waals surface area contributed by atoms with E-state index in [0.717, 1.165) is 0 Å². The first-order chi connectivity index (χ1) is 5.10. The van der Waals surface area contributed by atoms with Gasteiger partial charge in [0.2, 0.25) is 5.60 Å². The van der Waals surface area contributed by atoms with Crippen molar-refractivity contribution in [2.24, 2.45) is 5.90 Å². The molecule has 0 aliphatic carbocycles. The molecule has 0 radical (unpaired) electrons. The summed E-state index contributed by atoms with van der Waals surface area (Å²) < 4.78 is 9.15. The van der Waals surface area contributed by atoms with Gasteiger partial charge in [-0.3, -0.25) is 4.84 Å². The Balaban J connectivity index is 4.19. The Morgan fingerprint density at radius 1 is 1.55 bits per heavy atom. The van der Waals surface area contributed by atoms with Gasteiger partial charge < -0.3 is 9.47 Å².